The van der Waals surface area contributed by atoms with E-state index >= 15 is 0 Å². The average molecular weight is 548 g/mol. The van der Waals surface area contributed by atoms with Crippen molar-refractivity contribution < 1.29 is 21.6 Å². The molecule has 11 heteroatoms. The van der Waals surface area contributed by atoms with E-state index in [4.69, 9.17) is 11.6 Å². The molecule has 1 amide bonds. The Labute approximate surface area is 216 Å². The molecule has 1 saturated heterocycles. The third-order valence-electron chi connectivity index (χ3n) is 5.97. The molecule has 0 spiro atoms. The molecule has 3 aromatic carbocycles. The van der Waals surface area contributed by atoms with Crippen LogP contribution in [0.5, 0.6) is 0 Å². The van der Waals surface area contributed by atoms with Crippen LogP contribution in [0.3, 0.4) is 0 Å². The van der Waals surface area contributed by atoms with Crippen LogP contribution in [0.4, 0.5) is 11.4 Å². The van der Waals surface area contributed by atoms with Crippen molar-refractivity contribution >= 4 is 48.9 Å². The first-order valence-corrected chi connectivity index (χ1v) is 14.8. The number of amides is 1. The van der Waals surface area contributed by atoms with E-state index in [1.54, 1.807) is 54.6 Å². The smallest absolute Gasteiger partial charge is 0.261 e. The van der Waals surface area contributed by atoms with Gasteiger partial charge in [-0.2, -0.15) is 0 Å². The van der Waals surface area contributed by atoms with Gasteiger partial charge in [0.1, 0.15) is 0 Å². The molecule has 2 N–H and O–H groups in total. The monoisotopic (exact) mass is 547 g/mol. The number of carbonyl (C=O) groups is 1. The van der Waals surface area contributed by atoms with Gasteiger partial charge in [-0.05, 0) is 60.9 Å². The van der Waals surface area contributed by atoms with Crippen LogP contribution >= 0.6 is 11.6 Å². The summed E-state index contributed by atoms with van der Waals surface area (Å²) in [4.78, 5) is 12.8. The molecular formula is C25H26ClN3O5S2. The molecule has 1 fully saturated rings. The van der Waals surface area contributed by atoms with Gasteiger partial charge in [0, 0.05) is 35.4 Å². The second-order valence-electron chi connectivity index (χ2n) is 8.51. The first kappa shape index (κ1) is 26.2. The van der Waals surface area contributed by atoms with Crippen LogP contribution < -0.4 is 10.0 Å². The van der Waals surface area contributed by atoms with E-state index in [1.165, 1.54) is 28.6 Å². The Morgan fingerprint density at radius 1 is 0.833 bits per heavy atom. The highest BCUT2D eigenvalue weighted by Gasteiger charge is 2.31. The lowest BCUT2D eigenvalue weighted by molar-refractivity contribution is -0.120. The molecule has 1 heterocycles. The summed E-state index contributed by atoms with van der Waals surface area (Å²) in [6, 6.07) is 21.3. The number of para-hydroxylation sites is 1. The number of hydrogen-bond acceptors (Lipinski definition) is 5. The van der Waals surface area contributed by atoms with Crippen LogP contribution in [0.1, 0.15) is 18.4 Å². The lowest BCUT2D eigenvalue weighted by Gasteiger charge is -2.30. The summed E-state index contributed by atoms with van der Waals surface area (Å²) in [5.41, 5.74) is 1.46. The minimum atomic E-state index is -3.76. The number of anilines is 2. The highest BCUT2D eigenvalue weighted by atomic mass is 35.5. The molecule has 8 nitrogen and oxygen atoms in total. The van der Waals surface area contributed by atoms with Crippen LogP contribution in [0.15, 0.2) is 83.8 Å². The molecule has 190 valence electrons. The summed E-state index contributed by atoms with van der Waals surface area (Å²) < 4.78 is 54.7. The van der Waals surface area contributed by atoms with Gasteiger partial charge in [-0.25, -0.2) is 21.1 Å². The van der Waals surface area contributed by atoms with Gasteiger partial charge in [-0.3, -0.25) is 9.52 Å². The zero-order valence-corrected chi connectivity index (χ0v) is 21.7. The van der Waals surface area contributed by atoms with E-state index in [9.17, 15) is 21.6 Å². The molecule has 0 aliphatic carbocycles. The third kappa shape index (κ3) is 6.44. The number of hydrogen-bond donors (Lipinski definition) is 2. The van der Waals surface area contributed by atoms with Gasteiger partial charge >= 0.3 is 0 Å². The van der Waals surface area contributed by atoms with Gasteiger partial charge in [-0.15, -0.1) is 0 Å². The van der Waals surface area contributed by atoms with Crippen molar-refractivity contribution in [2.45, 2.75) is 23.5 Å². The van der Waals surface area contributed by atoms with Crippen LogP contribution in [0.2, 0.25) is 5.02 Å². The number of benzene rings is 3. The number of nitrogens with one attached hydrogen (secondary N) is 2. The standard InChI is InChI=1S/C25H26ClN3O5S2/c26-24-9-5-4-6-20(24)18-35(31,32)29-16-14-19(15-17-29)25(30)27-21-10-12-23(13-11-21)36(33,34)28-22-7-2-1-3-8-22/h1-13,19,28H,14-18H2,(H,27,30). The Balaban J connectivity index is 1.31. The molecule has 0 unspecified atom stereocenters. The lowest BCUT2D eigenvalue weighted by Crippen LogP contribution is -2.41. The second kappa shape index (κ2) is 11.0. The predicted octanol–water partition coefficient (Wildman–Crippen LogP) is 4.32. The minimum Gasteiger partial charge on any atom is -0.326 e. The maximum absolute atomic E-state index is 12.8. The fraction of sp³-hybridized carbons (Fsp3) is 0.240. The number of piperidine rings is 1. The summed E-state index contributed by atoms with van der Waals surface area (Å²) >= 11 is 6.11. The summed E-state index contributed by atoms with van der Waals surface area (Å²) in [5.74, 6) is -0.756. The third-order valence-corrected chi connectivity index (χ3v) is 9.57. The Bertz CT molecular complexity index is 1420. The van der Waals surface area contributed by atoms with E-state index in [2.05, 4.69) is 10.0 Å². The molecule has 4 rings (SSSR count). The Morgan fingerprint density at radius 3 is 2.08 bits per heavy atom. The zero-order chi connectivity index (χ0) is 25.8. The van der Waals surface area contributed by atoms with Gasteiger partial charge in [0.05, 0.1) is 10.6 Å². The molecular weight excluding hydrogens is 522 g/mol. The van der Waals surface area contributed by atoms with Crippen LogP contribution in [0.25, 0.3) is 0 Å². The zero-order valence-electron chi connectivity index (χ0n) is 19.3. The van der Waals surface area contributed by atoms with Gasteiger partial charge in [-0.1, -0.05) is 48.0 Å². The minimum absolute atomic E-state index is 0.0707. The molecule has 0 atom stereocenters. The van der Waals surface area contributed by atoms with Crippen LogP contribution in [-0.2, 0) is 30.6 Å². The number of sulfonamides is 2. The molecule has 36 heavy (non-hydrogen) atoms. The van der Waals surface area contributed by atoms with Crippen LogP contribution in [-0.4, -0.2) is 40.1 Å². The highest BCUT2D eigenvalue weighted by molar-refractivity contribution is 7.92. The predicted molar refractivity (Wildman–Crippen MR) is 141 cm³/mol. The fourth-order valence-electron chi connectivity index (χ4n) is 3.98. The molecule has 0 radical (unpaired) electrons. The number of nitrogens with zero attached hydrogens (tertiary/aromatic N) is 1. The average Bonchev–Trinajstić information content (AvgIpc) is 2.86. The maximum atomic E-state index is 12.8. The van der Waals surface area contributed by atoms with Gasteiger partial charge in [0.25, 0.3) is 10.0 Å². The highest BCUT2D eigenvalue weighted by Crippen LogP contribution is 2.25. The number of halogens is 1. The number of rotatable bonds is 8. The van der Waals surface area contributed by atoms with Crippen LogP contribution in [0, 0.1) is 5.92 Å². The molecule has 3 aromatic rings. The first-order chi connectivity index (χ1) is 17.1. The normalized spacial score (nSPS) is 15.4. The van der Waals surface area contributed by atoms with E-state index in [0.717, 1.165) is 0 Å². The summed E-state index contributed by atoms with van der Waals surface area (Å²) in [6.07, 6.45) is 0.780. The van der Waals surface area contributed by atoms with Crippen molar-refractivity contribution in [3.63, 3.8) is 0 Å². The number of carbonyl (C=O) groups excluding carboxylic acids is 1. The van der Waals surface area contributed by atoms with Crippen molar-refractivity contribution in [3.8, 4) is 0 Å². The van der Waals surface area contributed by atoms with Gasteiger partial charge in [0.15, 0.2) is 0 Å². The van der Waals surface area contributed by atoms with E-state index < -0.39 is 20.0 Å². The van der Waals surface area contributed by atoms with E-state index in [1.807, 2.05) is 0 Å². The molecule has 0 saturated carbocycles. The second-order valence-corrected chi connectivity index (χ2v) is 12.6. The molecule has 0 bridgehead atoms. The molecule has 0 aromatic heterocycles. The van der Waals surface area contributed by atoms with Crippen molar-refractivity contribution in [2.24, 2.45) is 5.92 Å². The van der Waals surface area contributed by atoms with Crippen molar-refractivity contribution in [2.75, 3.05) is 23.1 Å². The fourth-order valence-corrected chi connectivity index (χ4v) is 6.92. The topological polar surface area (TPSA) is 113 Å². The van der Waals surface area contributed by atoms with Gasteiger partial charge < -0.3 is 5.32 Å². The maximum Gasteiger partial charge on any atom is 0.261 e. The van der Waals surface area contributed by atoms with Crippen molar-refractivity contribution in [1.29, 1.82) is 0 Å². The van der Waals surface area contributed by atoms with E-state index in [-0.39, 0.29) is 35.6 Å². The van der Waals surface area contributed by atoms with Crippen molar-refractivity contribution in [1.82, 2.24) is 4.31 Å². The summed E-state index contributed by atoms with van der Waals surface area (Å²) in [7, 11) is -7.31. The molecule has 1 aliphatic rings. The quantitative estimate of drug-likeness (QED) is 0.436. The largest absolute Gasteiger partial charge is 0.326 e. The summed E-state index contributed by atoms with van der Waals surface area (Å²) in [5, 5.41) is 3.21. The summed E-state index contributed by atoms with van der Waals surface area (Å²) in [6.45, 7) is 0.487. The Morgan fingerprint density at radius 2 is 1.44 bits per heavy atom. The molecule has 1 aliphatic heterocycles. The van der Waals surface area contributed by atoms with Crippen molar-refractivity contribution in [3.05, 3.63) is 89.4 Å². The van der Waals surface area contributed by atoms with E-state index in [0.29, 0.717) is 34.8 Å². The SMILES string of the molecule is O=C(Nc1ccc(S(=O)(=O)Nc2ccccc2)cc1)C1CCN(S(=O)(=O)Cc2ccccc2Cl)CC1. The lowest BCUT2D eigenvalue weighted by atomic mass is 9.97. The Hall–Kier alpha value is -2.92. The first-order valence-electron chi connectivity index (χ1n) is 11.3. The Kier molecular flexibility index (Phi) is 7.99. The van der Waals surface area contributed by atoms with Gasteiger partial charge in [0.2, 0.25) is 15.9 Å².